The summed E-state index contributed by atoms with van der Waals surface area (Å²) >= 11 is 12.9. The lowest BCUT2D eigenvalue weighted by molar-refractivity contribution is 0.432. The predicted octanol–water partition coefficient (Wildman–Crippen LogP) is 3.71. The quantitative estimate of drug-likeness (QED) is 0.732. The molecule has 0 saturated heterocycles. The van der Waals surface area contributed by atoms with Crippen LogP contribution in [0.5, 0.6) is 0 Å². The van der Waals surface area contributed by atoms with Gasteiger partial charge in [0.2, 0.25) is 0 Å². The van der Waals surface area contributed by atoms with Gasteiger partial charge in [0.1, 0.15) is 4.34 Å². The fourth-order valence-electron chi connectivity index (χ4n) is 0.863. The van der Waals surface area contributed by atoms with E-state index in [9.17, 15) is 0 Å². The lowest BCUT2D eigenvalue weighted by Gasteiger charge is -1.87. The highest BCUT2D eigenvalue weighted by Gasteiger charge is 2.10. The molecule has 2 aromatic rings. The Morgan fingerprint density at radius 2 is 2.25 bits per heavy atom. The van der Waals surface area contributed by atoms with E-state index in [0.29, 0.717) is 14.4 Å². The molecule has 2 nitrogen and oxygen atoms in total. The van der Waals surface area contributed by atoms with Crippen LogP contribution in [-0.2, 0) is 0 Å². The van der Waals surface area contributed by atoms with Gasteiger partial charge in [0, 0.05) is 6.07 Å². The monoisotopic (exact) mass is 219 g/mol. The average molecular weight is 220 g/mol. The molecular formula is C7H3Cl2NOS. The van der Waals surface area contributed by atoms with Gasteiger partial charge < -0.3 is 4.52 Å². The van der Waals surface area contributed by atoms with Crippen LogP contribution in [0.3, 0.4) is 0 Å². The third-order valence-electron chi connectivity index (χ3n) is 1.36. The summed E-state index contributed by atoms with van der Waals surface area (Å²) in [7, 11) is 0. The predicted molar refractivity (Wildman–Crippen MR) is 49.8 cm³/mol. The van der Waals surface area contributed by atoms with Crippen LogP contribution in [0.1, 0.15) is 0 Å². The average Bonchev–Trinajstić information content (AvgIpc) is 2.58. The van der Waals surface area contributed by atoms with E-state index in [1.807, 2.05) is 0 Å². The van der Waals surface area contributed by atoms with Gasteiger partial charge in [0.05, 0.1) is 16.1 Å². The molecule has 0 aromatic carbocycles. The Hall–Kier alpha value is -0.510. The first-order valence-electron chi connectivity index (χ1n) is 3.13. The maximum absolute atomic E-state index is 5.88. The van der Waals surface area contributed by atoms with Crippen molar-refractivity contribution < 1.29 is 4.52 Å². The third-order valence-corrected chi connectivity index (χ3v) is 2.85. The molecule has 0 N–H and O–H groups in total. The molecule has 0 aliphatic heterocycles. The van der Waals surface area contributed by atoms with Crippen molar-refractivity contribution in [3.05, 3.63) is 27.0 Å². The van der Waals surface area contributed by atoms with Crippen LogP contribution in [0.15, 0.2) is 22.9 Å². The second kappa shape index (κ2) is 3.09. The van der Waals surface area contributed by atoms with Gasteiger partial charge in [-0.25, -0.2) is 0 Å². The summed E-state index contributed by atoms with van der Waals surface area (Å²) in [5.41, 5.74) is 0.796. The molecule has 0 aliphatic carbocycles. The van der Waals surface area contributed by atoms with Gasteiger partial charge >= 0.3 is 0 Å². The van der Waals surface area contributed by atoms with Crippen LogP contribution in [0.2, 0.25) is 8.67 Å². The number of hydrogen-bond acceptors (Lipinski definition) is 3. The van der Waals surface area contributed by atoms with Gasteiger partial charge in [-0.3, -0.25) is 0 Å². The van der Waals surface area contributed by atoms with Gasteiger partial charge in [0.15, 0.2) is 5.76 Å². The van der Waals surface area contributed by atoms with Gasteiger partial charge in [-0.15, -0.1) is 11.3 Å². The Balaban J connectivity index is 2.54. The highest BCUT2D eigenvalue weighted by atomic mass is 35.5. The molecule has 0 aliphatic rings. The van der Waals surface area contributed by atoms with E-state index in [4.69, 9.17) is 27.7 Å². The highest BCUT2D eigenvalue weighted by Crippen LogP contribution is 2.37. The van der Waals surface area contributed by atoms with Gasteiger partial charge in [0.25, 0.3) is 0 Å². The minimum atomic E-state index is 0.622. The van der Waals surface area contributed by atoms with Crippen LogP contribution in [0, 0.1) is 0 Å². The summed E-state index contributed by atoms with van der Waals surface area (Å²) in [6.45, 7) is 0. The molecule has 62 valence electrons. The third kappa shape index (κ3) is 1.35. The Morgan fingerprint density at radius 3 is 2.75 bits per heavy atom. The molecule has 0 radical (unpaired) electrons. The molecule has 0 bridgehead atoms. The van der Waals surface area contributed by atoms with Crippen LogP contribution in [0.25, 0.3) is 11.3 Å². The van der Waals surface area contributed by atoms with Crippen molar-refractivity contribution in [3.8, 4) is 11.3 Å². The number of nitrogens with zero attached hydrogens (tertiary/aromatic N) is 1. The molecule has 0 fully saturated rings. The minimum Gasteiger partial charge on any atom is -0.356 e. The first-order valence-corrected chi connectivity index (χ1v) is 4.70. The molecule has 5 heteroatoms. The van der Waals surface area contributed by atoms with Crippen molar-refractivity contribution in [3.63, 3.8) is 0 Å². The fourth-order valence-corrected chi connectivity index (χ4v) is 2.34. The number of thiophene rings is 1. The lowest BCUT2D eigenvalue weighted by atomic mass is 10.3. The van der Waals surface area contributed by atoms with Crippen molar-refractivity contribution >= 4 is 34.5 Å². The molecule has 0 unspecified atom stereocenters. The summed E-state index contributed by atoms with van der Waals surface area (Å²) in [6, 6.07) is 3.50. The topological polar surface area (TPSA) is 26.0 Å². The zero-order valence-electron chi connectivity index (χ0n) is 5.75. The van der Waals surface area contributed by atoms with Crippen molar-refractivity contribution in [1.29, 1.82) is 0 Å². The Kier molecular flexibility index (Phi) is 2.09. The normalized spacial score (nSPS) is 10.5. The smallest absolute Gasteiger partial charge is 0.169 e. The van der Waals surface area contributed by atoms with Crippen LogP contribution in [0.4, 0.5) is 0 Å². The van der Waals surface area contributed by atoms with Crippen molar-refractivity contribution in [2.45, 2.75) is 0 Å². The van der Waals surface area contributed by atoms with Crippen molar-refractivity contribution in [1.82, 2.24) is 5.16 Å². The lowest BCUT2D eigenvalue weighted by Crippen LogP contribution is -1.65. The maximum atomic E-state index is 5.88. The van der Waals surface area contributed by atoms with E-state index < -0.39 is 0 Å². The van der Waals surface area contributed by atoms with E-state index in [2.05, 4.69) is 5.16 Å². The van der Waals surface area contributed by atoms with E-state index in [-0.39, 0.29) is 0 Å². The second-order valence-electron chi connectivity index (χ2n) is 2.11. The molecule has 2 aromatic heterocycles. The molecular weight excluding hydrogens is 217 g/mol. The van der Waals surface area contributed by atoms with Crippen molar-refractivity contribution in [2.24, 2.45) is 0 Å². The van der Waals surface area contributed by atoms with Gasteiger partial charge in [-0.2, -0.15) is 0 Å². The van der Waals surface area contributed by atoms with Gasteiger partial charge in [-0.1, -0.05) is 28.4 Å². The zero-order valence-corrected chi connectivity index (χ0v) is 8.08. The summed E-state index contributed by atoms with van der Waals surface area (Å²) in [4.78, 5) is 0. The minimum absolute atomic E-state index is 0.622. The van der Waals surface area contributed by atoms with E-state index in [1.165, 1.54) is 11.3 Å². The molecule has 2 rings (SSSR count). The van der Waals surface area contributed by atoms with Gasteiger partial charge in [-0.05, 0) is 6.07 Å². The highest BCUT2D eigenvalue weighted by molar-refractivity contribution is 7.20. The molecule has 0 saturated carbocycles. The fraction of sp³-hybridized carbons (Fsp3) is 0. The molecule has 0 amide bonds. The Labute approximate surface area is 82.7 Å². The van der Waals surface area contributed by atoms with Crippen LogP contribution >= 0.6 is 34.5 Å². The SMILES string of the molecule is Clc1cc(-c2ccno2)c(Cl)s1. The number of hydrogen-bond donors (Lipinski definition) is 0. The zero-order chi connectivity index (χ0) is 8.55. The number of halogens is 2. The van der Waals surface area contributed by atoms with Crippen LogP contribution < -0.4 is 0 Å². The Morgan fingerprint density at radius 1 is 1.42 bits per heavy atom. The molecule has 2 heterocycles. The summed E-state index contributed by atoms with van der Waals surface area (Å²) in [5, 5.41) is 3.58. The second-order valence-corrected chi connectivity index (χ2v) is 4.40. The van der Waals surface area contributed by atoms with Crippen molar-refractivity contribution in [2.75, 3.05) is 0 Å². The molecule has 0 atom stereocenters. The largest absolute Gasteiger partial charge is 0.356 e. The standard InChI is InChI=1S/C7H3Cl2NOS/c8-6-3-4(7(9)12-6)5-1-2-10-11-5/h1-3H. The first-order chi connectivity index (χ1) is 5.77. The number of rotatable bonds is 1. The number of aromatic nitrogens is 1. The summed E-state index contributed by atoms with van der Waals surface area (Å²) in [5.74, 6) is 0.642. The summed E-state index contributed by atoms with van der Waals surface area (Å²) < 4.78 is 6.19. The van der Waals surface area contributed by atoms with Crippen LogP contribution in [-0.4, -0.2) is 5.16 Å². The van der Waals surface area contributed by atoms with E-state index in [1.54, 1.807) is 18.3 Å². The molecule has 0 spiro atoms. The summed E-state index contributed by atoms with van der Waals surface area (Å²) in [6.07, 6.45) is 1.57. The maximum Gasteiger partial charge on any atom is 0.169 e. The Bertz CT molecular complexity index is 382. The van der Waals surface area contributed by atoms with E-state index >= 15 is 0 Å². The first kappa shape index (κ1) is 8.10. The molecule has 12 heavy (non-hydrogen) atoms. The van der Waals surface area contributed by atoms with E-state index in [0.717, 1.165) is 5.56 Å².